The predicted octanol–water partition coefficient (Wildman–Crippen LogP) is -0.581. The summed E-state index contributed by atoms with van der Waals surface area (Å²) in [5.41, 5.74) is -0.287. The lowest BCUT2D eigenvalue weighted by atomic mass is 10.7. The molecule has 0 atom stereocenters. The van der Waals surface area contributed by atoms with Gasteiger partial charge in [-0.3, -0.25) is 14.6 Å². The van der Waals surface area contributed by atoms with Gasteiger partial charge in [-0.15, -0.1) is 0 Å². The van der Waals surface area contributed by atoms with Gasteiger partial charge in [0.05, 0.1) is 6.07 Å². The lowest BCUT2D eigenvalue weighted by molar-refractivity contribution is 0.419. The second kappa shape index (κ2) is 1.40. The first-order valence-corrected chi connectivity index (χ1v) is 2.15. The Labute approximate surface area is 45.4 Å². The molecule has 4 heteroatoms. The molecule has 0 fully saturated rings. The predicted molar refractivity (Wildman–Crippen MR) is 27.7 cm³/mol. The zero-order valence-electron chi connectivity index (χ0n) is 4.38. The molecule has 0 bridgehead atoms. The zero-order valence-corrected chi connectivity index (χ0v) is 4.38. The van der Waals surface area contributed by atoms with Crippen LogP contribution in [0.25, 0.3) is 0 Å². The van der Waals surface area contributed by atoms with Crippen molar-refractivity contribution < 1.29 is 5.11 Å². The summed E-state index contributed by atoms with van der Waals surface area (Å²) < 4.78 is 1.24. The number of aryl methyl sites for hydroxylation is 1. The van der Waals surface area contributed by atoms with Gasteiger partial charge >= 0.3 is 0 Å². The van der Waals surface area contributed by atoms with Crippen LogP contribution in [0.15, 0.2) is 10.9 Å². The highest BCUT2D eigenvalue weighted by Gasteiger charge is 1.92. The first-order valence-electron chi connectivity index (χ1n) is 2.15. The topological polar surface area (TPSA) is 58.0 Å². The molecule has 8 heavy (non-hydrogen) atoms. The molecule has 0 aliphatic rings. The molecule has 1 heterocycles. The van der Waals surface area contributed by atoms with Crippen LogP contribution in [0.5, 0.6) is 5.88 Å². The second-order valence-corrected chi connectivity index (χ2v) is 1.54. The molecule has 44 valence electrons. The lowest BCUT2D eigenvalue weighted by Gasteiger charge is -1.87. The van der Waals surface area contributed by atoms with Crippen molar-refractivity contribution in [1.29, 1.82) is 0 Å². The summed E-state index contributed by atoms with van der Waals surface area (Å²) in [6.45, 7) is 0. The molecule has 1 aromatic heterocycles. The summed E-state index contributed by atoms with van der Waals surface area (Å²) in [5.74, 6) is -0.0463. The molecule has 0 amide bonds. The van der Waals surface area contributed by atoms with E-state index >= 15 is 0 Å². The highest BCUT2D eigenvalue weighted by molar-refractivity contribution is 5.03. The van der Waals surface area contributed by atoms with Crippen LogP contribution in [0.3, 0.4) is 0 Å². The molecular formula is C4H6N2O2. The van der Waals surface area contributed by atoms with E-state index in [0.717, 1.165) is 6.07 Å². The summed E-state index contributed by atoms with van der Waals surface area (Å²) in [6.07, 6.45) is 0. The van der Waals surface area contributed by atoms with Crippen molar-refractivity contribution in [1.82, 2.24) is 9.78 Å². The van der Waals surface area contributed by atoms with Gasteiger partial charge in [0.1, 0.15) is 0 Å². The van der Waals surface area contributed by atoms with E-state index in [1.807, 2.05) is 0 Å². The van der Waals surface area contributed by atoms with Gasteiger partial charge in [-0.25, -0.2) is 0 Å². The number of hydrogen-bond acceptors (Lipinski definition) is 2. The van der Waals surface area contributed by atoms with E-state index in [4.69, 9.17) is 5.11 Å². The fraction of sp³-hybridized carbons (Fsp3) is 0.250. The molecule has 0 saturated carbocycles. The van der Waals surface area contributed by atoms with Crippen LogP contribution in [0.4, 0.5) is 0 Å². The van der Waals surface area contributed by atoms with Crippen molar-refractivity contribution in [3.63, 3.8) is 0 Å². The normalized spacial score (nSPS) is 9.62. The first-order chi connectivity index (χ1) is 3.70. The van der Waals surface area contributed by atoms with E-state index in [1.165, 1.54) is 4.68 Å². The standard InChI is InChI=1S/C4H6N2O2/c1-6-4(8)2-3(7)5-6/h2,8H,1H3,(H,5,7). The monoisotopic (exact) mass is 114 g/mol. The Morgan fingerprint density at radius 1 is 1.88 bits per heavy atom. The van der Waals surface area contributed by atoms with E-state index in [-0.39, 0.29) is 11.4 Å². The summed E-state index contributed by atoms with van der Waals surface area (Å²) >= 11 is 0. The van der Waals surface area contributed by atoms with Crippen molar-refractivity contribution in [2.75, 3.05) is 0 Å². The number of aromatic amines is 1. The van der Waals surface area contributed by atoms with Crippen molar-refractivity contribution in [3.8, 4) is 5.88 Å². The Kier molecular flexibility index (Phi) is 0.865. The minimum atomic E-state index is -0.287. The van der Waals surface area contributed by atoms with Crippen LogP contribution in [-0.4, -0.2) is 14.9 Å². The van der Waals surface area contributed by atoms with Crippen LogP contribution in [0.2, 0.25) is 0 Å². The van der Waals surface area contributed by atoms with Crippen molar-refractivity contribution in [2.24, 2.45) is 7.05 Å². The van der Waals surface area contributed by atoms with Gasteiger partial charge in [0.2, 0.25) is 5.88 Å². The largest absolute Gasteiger partial charge is 0.493 e. The maximum Gasteiger partial charge on any atom is 0.267 e. The van der Waals surface area contributed by atoms with Crippen molar-refractivity contribution in [2.45, 2.75) is 0 Å². The van der Waals surface area contributed by atoms with Gasteiger partial charge in [0, 0.05) is 7.05 Å². The van der Waals surface area contributed by atoms with Crippen LogP contribution in [-0.2, 0) is 7.05 Å². The highest BCUT2D eigenvalue weighted by Crippen LogP contribution is 1.96. The number of aromatic hydroxyl groups is 1. The fourth-order valence-corrected chi connectivity index (χ4v) is 0.469. The lowest BCUT2D eigenvalue weighted by Crippen LogP contribution is -2.00. The second-order valence-electron chi connectivity index (χ2n) is 1.54. The molecule has 0 radical (unpaired) electrons. The van der Waals surface area contributed by atoms with E-state index in [9.17, 15) is 4.79 Å². The van der Waals surface area contributed by atoms with E-state index < -0.39 is 0 Å². The summed E-state index contributed by atoms with van der Waals surface area (Å²) in [4.78, 5) is 10.3. The van der Waals surface area contributed by atoms with Gasteiger partial charge < -0.3 is 5.11 Å². The Bertz CT molecular complexity index is 212. The summed E-state index contributed by atoms with van der Waals surface area (Å²) in [7, 11) is 1.55. The molecule has 0 unspecified atom stereocenters. The van der Waals surface area contributed by atoms with Crippen LogP contribution < -0.4 is 5.56 Å². The van der Waals surface area contributed by atoms with E-state index in [1.54, 1.807) is 7.05 Å². The number of nitrogens with zero attached hydrogens (tertiary/aromatic N) is 1. The first kappa shape index (κ1) is 4.96. The molecular weight excluding hydrogens is 108 g/mol. The minimum absolute atomic E-state index is 0.0463. The molecule has 0 aromatic carbocycles. The minimum Gasteiger partial charge on any atom is -0.493 e. The number of hydrogen-bond donors (Lipinski definition) is 2. The number of rotatable bonds is 0. The molecule has 0 aliphatic heterocycles. The van der Waals surface area contributed by atoms with Gasteiger partial charge in [0.25, 0.3) is 5.56 Å². The van der Waals surface area contributed by atoms with E-state index in [2.05, 4.69) is 5.10 Å². The fourth-order valence-electron chi connectivity index (χ4n) is 0.469. The molecule has 2 N–H and O–H groups in total. The van der Waals surface area contributed by atoms with Gasteiger partial charge in [0.15, 0.2) is 0 Å². The van der Waals surface area contributed by atoms with Crippen molar-refractivity contribution >= 4 is 0 Å². The number of H-pyrrole nitrogens is 1. The summed E-state index contributed by atoms with van der Waals surface area (Å²) in [5, 5.41) is 11.0. The SMILES string of the molecule is Cn1[nH]c(=O)cc1O. The Hall–Kier alpha value is -1.19. The molecule has 4 nitrogen and oxygen atoms in total. The smallest absolute Gasteiger partial charge is 0.267 e. The van der Waals surface area contributed by atoms with Gasteiger partial charge in [-0.1, -0.05) is 0 Å². The van der Waals surface area contributed by atoms with Gasteiger partial charge in [-0.05, 0) is 0 Å². The van der Waals surface area contributed by atoms with Crippen LogP contribution in [0.1, 0.15) is 0 Å². The average Bonchev–Trinajstić information content (AvgIpc) is 1.85. The van der Waals surface area contributed by atoms with Crippen LogP contribution >= 0.6 is 0 Å². The maximum absolute atomic E-state index is 10.3. The molecule has 0 spiro atoms. The Morgan fingerprint density at radius 3 is 2.62 bits per heavy atom. The molecule has 1 aromatic rings. The maximum atomic E-state index is 10.3. The van der Waals surface area contributed by atoms with Gasteiger partial charge in [-0.2, -0.15) is 0 Å². The Morgan fingerprint density at radius 2 is 2.50 bits per heavy atom. The highest BCUT2D eigenvalue weighted by atomic mass is 16.3. The third-order valence-corrected chi connectivity index (χ3v) is 0.882. The zero-order chi connectivity index (χ0) is 6.15. The van der Waals surface area contributed by atoms with Crippen molar-refractivity contribution in [3.05, 3.63) is 16.4 Å². The average molecular weight is 114 g/mol. The number of nitrogens with one attached hydrogen (secondary N) is 1. The Balaban J connectivity index is 3.35. The quantitative estimate of drug-likeness (QED) is 0.474. The third-order valence-electron chi connectivity index (χ3n) is 0.882. The number of aromatic nitrogens is 2. The third kappa shape index (κ3) is 0.598. The molecule has 0 saturated heterocycles. The summed E-state index contributed by atoms with van der Waals surface area (Å²) in [6, 6.07) is 1.11. The molecule has 1 rings (SSSR count). The van der Waals surface area contributed by atoms with E-state index in [0.29, 0.717) is 0 Å². The molecule has 0 aliphatic carbocycles. The van der Waals surface area contributed by atoms with Crippen LogP contribution in [0, 0.1) is 0 Å².